The summed E-state index contributed by atoms with van der Waals surface area (Å²) in [5.74, 6) is -0.255. The van der Waals surface area contributed by atoms with Crippen LogP contribution in [0.2, 0.25) is 0 Å². The molecule has 0 fully saturated rings. The molecule has 1 unspecified atom stereocenters. The topological polar surface area (TPSA) is 51.8 Å². The van der Waals surface area contributed by atoms with Crippen LogP contribution in [-0.4, -0.2) is 9.59 Å². The minimum Gasteiger partial charge on any atom is -0.323 e. The van der Waals surface area contributed by atoms with Crippen LogP contribution >= 0.6 is 27.5 Å². The molecule has 0 bridgehead atoms. The average Bonchev–Trinajstić information content (AvgIpc) is 2.70. The van der Waals surface area contributed by atoms with Crippen LogP contribution in [0.1, 0.15) is 22.2 Å². The lowest BCUT2D eigenvalue weighted by atomic mass is 10.0. The Labute approximate surface area is 111 Å². The molecule has 1 aromatic carbocycles. The molecule has 0 saturated heterocycles. The van der Waals surface area contributed by atoms with Gasteiger partial charge in [-0.05, 0) is 48.6 Å². The molecule has 17 heavy (non-hydrogen) atoms. The maximum absolute atomic E-state index is 13.1. The van der Waals surface area contributed by atoms with E-state index in [-0.39, 0.29) is 11.9 Å². The van der Waals surface area contributed by atoms with Crippen molar-refractivity contribution < 1.29 is 4.39 Å². The van der Waals surface area contributed by atoms with Crippen LogP contribution in [0.15, 0.2) is 22.7 Å². The van der Waals surface area contributed by atoms with Gasteiger partial charge in [0.25, 0.3) is 0 Å². The molecular weight excluding hydrogens is 305 g/mol. The molecule has 2 rings (SSSR count). The van der Waals surface area contributed by atoms with Gasteiger partial charge in [-0.2, -0.15) is 0 Å². The minimum atomic E-state index is -0.255. The number of aryl methyl sites for hydroxylation is 1. The monoisotopic (exact) mass is 315 g/mol. The third kappa shape index (κ3) is 2.88. The maximum Gasteiger partial charge on any atom is 0.123 e. The summed E-state index contributed by atoms with van der Waals surface area (Å²) in [5, 5.41) is 3.92. The minimum absolute atomic E-state index is 0.201. The molecule has 0 radical (unpaired) electrons. The van der Waals surface area contributed by atoms with Crippen molar-refractivity contribution in [2.24, 2.45) is 5.73 Å². The highest BCUT2D eigenvalue weighted by molar-refractivity contribution is 9.10. The van der Waals surface area contributed by atoms with E-state index in [0.29, 0.717) is 6.42 Å². The Morgan fingerprint density at radius 1 is 1.53 bits per heavy atom. The van der Waals surface area contributed by atoms with Crippen LogP contribution in [-0.2, 0) is 6.42 Å². The summed E-state index contributed by atoms with van der Waals surface area (Å²) < 4.78 is 17.9. The van der Waals surface area contributed by atoms with Crippen molar-refractivity contribution >= 4 is 27.5 Å². The van der Waals surface area contributed by atoms with Crippen molar-refractivity contribution in [2.45, 2.75) is 19.4 Å². The van der Waals surface area contributed by atoms with Gasteiger partial charge in [0.2, 0.25) is 0 Å². The Kier molecular flexibility index (Phi) is 3.86. The van der Waals surface area contributed by atoms with Gasteiger partial charge < -0.3 is 5.73 Å². The van der Waals surface area contributed by atoms with Crippen molar-refractivity contribution in [2.75, 3.05) is 0 Å². The van der Waals surface area contributed by atoms with Crippen LogP contribution in [0, 0.1) is 12.7 Å². The summed E-state index contributed by atoms with van der Waals surface area (Å²) in [4.78, 5) is 0.946. The third-order valence-corrected chi connectivity index (χ3v) is 4.20. The van der Waals surface area contributed by atoms with Gasteiger partial charge in [0.15, 0.2) is 0 Å². The molecule has 0 spiro atoms. The van der Waals surface area contributed by atoms with Gasteiger partial charge in [0.1, 0.15) is 5.82 Å². The van der Waals surface area contributed by atoms with Gasteiger partial charge in [-0.3, -0.25) is 0 Å². The Bertz CT molecular complexity index is 529. The van der Waals surface area contributed by atoms with Gasteiger partial charge in [-0.15, -0.1) is 5.10 Å². The molecule has 2 N–H and O–H groups in total. The van der Waals surface area contributed by atoms with E-state index in [1.165, 1.54) is 23.7 Å². The molecular formula is C11H11BrFN3S. The van der Waals surface area contributed by atoms with E-state index in [4.69, 9.17) is 5.73 Å². The number of nitrogens with zero attached hydrogens (tertiary/aromatic N) is 2. The van der Waals surface area contributed by atoms with Gasteiger partial charge in [-0.25, -0.2) is 4.39 Å². The Morgan fingerprint density at radius 2 is 2.29 bits per heavy atom. The summed E-state index contributed by atoms with van der Waals surface area (Å²) >= 11 is 4.68. The first-order valence-corrected chi connectivity index (χ1v) is 6.63. The van der Waals surface area contributed by atoms with Crippen molar-refractivity contribution in [3.05, 3.63) is 44.6 Å². The van der Waals surface area contributed by atoms with E-state index >= 15 is 0 Å². The van der Waals surface area contributed by atoms with Crippen LogP contribution in [0.25, 0.3) is 0 Å². The van der Waals surface area contributed by atoms with Crippen LogP contribution in [0.3, 0.4) is 0 Å². The van der Waals surface area contributed by atoms with Gasteiger partial charge in [0.05, 0.1) is 10.6 Å². The van der Waals surface area contributed by atoms with E-state index < -0.39 is 0 Å². The van der Waals surface area contributed by atoms with Crippen molar-refractivity contribution in [3.63, 3.8) is 0 Å². The van der Waals surface area contributed by atoms with Crippen LogP contribution < -0.4 is 5.73 Å². The molecule has 3 nitrogen and oxygen atoms in total. The van der Waals surface area contributed by atoms with Crippen LogP contribution in [0.5, 0.6) is 0 Å². The summed E-state index contributed by atoms with van der Waals surface area (Å²) in [6.45, 7) is 1.87. The second-order valence-electron chi connectivity index (χ2n) is 3.77. The fraction of sp³-hybridized carbons (Fsp3) is 0.273. The van der Waals surface area contributed by atoms with Gasteiger partial charge >= 0.3 is 0 Å². The first-order chi connectivity index (χ1) is 8.08. The molecule has 1 heterocycles. The quantitative estimate of drug-likeness (QED) is 0.947. The molecule has 0 aliphatic rings. The van der Waals surface area contributed by atoms with Gasteiger partial charge in [0, 0.05) is 10.5 Å². The lowest BCUT2D eigenvalue weighted by Gasteiger charge is -2.11. The summed E-state index contributed by atoms with van der Waals surface area (Å²) in [5.41, 5.74) is 7.77. The predicted octanol–water partition coefficient (Wildman–Crippen LogP) is 2.99. The molecule has 0 amide bonds. The highest BCUT2D eigenvalue weighted by atomic mass is 79.9. The number of halogens is 2. The molecule has 0 aliphatic heterocycles. The van der Waals surface area contributed by atoms with E-state index in [0.717, 1.165) is 20.6 Å². The lowest BCUT2D eigenvalue weighted by Crippen LogP contribution is -2.13. The SMILES string of the molecule is Cc1nnsc1C(N)Cc1cc(F)ccc1Br. The first kappa shape index (κ1) is 12.6. The van der Waals surface area contributed by atoms with E-state index in [1.807, 2.05) is 6.92 Å². The van der Waals surface area contributed by atoms with Crippen molar-refractivity contribution in [1.82, 2.24) is 9.59 Å². The standard InChI is InChI=1S/C11H11BrFN3S/c1-6-11(17-16-15-6)10(14)5-7-4-8(13)2-3-9(7)12/h2-4,10H,5,14H2,1H3. The third-order valence-electron chi connectivity index (χ3n) is 2.47. The zero-order chi connectivity index (χ0) is 12.4. The lowest BCUT2D eigenvalue weighted by molar-refractivity contribution is 0.621. The fourth-order valence-electron chi connectivity index (χ4n) is 1.61. The van der Waals surface area contributed by atoms with Gasteiger partial charge in [-0.1, -0.05) is 20.4 Å². The molecule has 6 heteroatoms. The number of hydrogen-bond acceptors (Lipinski definition) is 4. The zero-order valence-corrected chi connectivity index (χ0v) is 11.6. The Balaban J connectivity index is 2.21. The molecule has 90 valence electrons. The maximum atomic E-state index is 13.1. The molecule has 0 saturated carbocycles. The van der Waals surface area contributed by atoms with Crippen molar-refractivity contribution in [3.8, 4) is 0 Å². The second-order valence-corrected chi connectivity index (χ2v) is 5.41. The van der Waals surface area contributed by atoms with E-state index in [9.17, 15) is 4.39 Å². The number of nitrogens with two attached hydrogens (primary N) is 1. The number of benzene rings is 1. The number of hydrogen-bond donors (Lipinski definition) is 1. The fourth-order valence-corrected chi connectivity index (χ4v) is 2.66. The molecule has 2 aromatic rings. The molecule has 1 aromatic heterocycles. The summed E-state index contributed by atoms with van der Waals surface area (Å²) in [6.07, 6.45) is 0.559. The summed E-state index contributed by atoms with van der Waals surface area (Å²) in [6, 6.07) is 4.40. The smallest absolute Gasteiger partial charge is 0.123 e. The number of aromatic nitrogens is 2. The van der Waals surface area contributed by atoms with Crippen LogP contribution in [0.4, 0.5) is 4.39 Å². The van der Waals surface area contributed by atoms with Crippen molar-refractivity contribution in [1.29, 1.82) is 0 Å². The predicted molar refractivity (Wildman–Crippen MR) is 69.4 cm³/mol. The van der Waals surface area contributed by atoms with E-state index in [1.54, 1.807) is 6.07 Å². The second kappa shape index (κ2) is 5.20. The highest BCUT2D eigenvalue weighted by Gasteiger charge is 2.15. The zero-order valence-electron chi connectivity index (χ0n) is 9.15. The first-order valence-electron chi connectivity index (χ1n) is 5.06. The van der Waals surface area contributed by atoms with E-state index in [2.05, 4.69) is 25.5 Å². The normalized spacial score (nSPS) is 12.7. The molecule has 1 atom stereocenters. The summed E-state index contributed by atoms with van der Waals surface area (Å²) in [7, 11) is 0. The Hall–Kier alpha value is -0.850. The molecule has 0 aliphatic carbocycles. The average molecular weight is 316 g/mol. The Morgan fingerprint density at radius 3 is 2.94 bits per heavy atom. The largest absolute Gasteiger partial charge is 0.323 e. The number of rotatable bonds is 3. The highest BCUT2D eigenvalue weighted by Crippen LogP contribution is 2.25.